The van der Waals surface area contributed by atoms with Crippen LogP contribution in [0, 0.1) is 0 Å². The number of hydrogen-bond acceptors (Lipinski definition) is 3. The van der Waals surface area contributed by atoms with E-state index < -0.39 is 39.2 Å². The zero-order chi connectivity index (χ0) is 15.6. The fourth-order valence-corrected chi connectivity index (χ4v) is 2.89. The average molecular weight is 327 g/mol. The lowest BCUT2D eigenvalue weighted by Crippen LogP contribution is -2.31. The van der Waals surface area contributed by atoms with Crippen LogP contribution in [0.2, 0.25) is 0 Å². The highest BCUT2D eigenvalue weighted by Gasteiger charge is 2.31. The lowest BCUT2D eigenvalue weighted by atomic mass is 10.1. The summed E-state index contributed by atoms with van der Waals surface area (Å²) in [5.41, 5.74) is -0.920. The molecule has 20 heavy (non-hydrogen) atoms. The maximum atomic E-state index is 12.5. The summed E-state index contributed by atoms with van der Waals surface area (Å²) in [4.78, 5) is 10.7. The van der Waals surface area contributed by atoms with E-state index >= 15 is 0 Å². The topological polar surface area (TPSA) is 54.5 Å². The summed E-state index contributed by atoms with van der Waals surface area (Å²) in [6.07, 6.45) is -4.53. The largest absolute Gasteiger partial charge is 0.416 e. The van der Waals surface area contributed by atoms with E-state index in [1.807, 2.05) is 0 Å². The number of rotatable bonds is 5. The van der Waals surface area contributed by atoms with Crippen LogP contribution in [0.1, 0.15) is 11.1 Å². The van der Waals surface area contributed by atoms with Gasteiger partial charge in [-0.2, -0.15) is 17.5 Å². The van der Waals surface area contributed by atoms with Crippen LogP contribution < -0.4 is 0 Å². The minimum atomic E-state index is -4.53. The summed E-state index contributed by atoms with van der Waals surface area (Å²) in [7, 11) is -2.71. The van der Waals surface area contributed by atoms with E-state index in [1.54, 1.807) is 0 Å². The number of sulfonamides is 1. The van der Waals surface area contributed by atoms with Crippen molar-refractivity contribution in [3.63, 3.8) is 0 Å². The fourth-order valence-electron chi connectivity index (χ4n) is 1.45. The molecule has 0 aliphatic carbocycles. The molecule has 0 amide bonds. The zero-order valence-corrected chi connectivity index (χ0v) is 12.1. The molecule has 112 valence electrons. The molecule has 4 nitrogen and oxygen atoms in total. The molecule has 0 saturated heterocycles. The van der Waals surface area contributed by atoms with Crippen molar-refractivity contribution >= 4 is 27.8 Å². The van der Waals surface area contributed by atoms with Crippen molar-refractivity contribution in [2.45, 2.75) is 11.9 Å². The SMILES string of the molecule is CN(CC(=O)S)S(=O)(=O)Cc1cccc(C(F)(F)F)c1. The second-order valence-corrected chi connectivity index (χ2v) is 6.68. The van der Waals surface area contributed by atoms with Crippen LogP contribution in [-0.4, -0.2) is 31.4 Å². The third-order valence-electron chi connectivity index (χ3n) is 2.44. The van der Waals surface area contributed by atoms with Gasteiger partial charge < -0.3 is 0 Å². The maximum Gasteiger partial charge on any atom is 0.416 e. The van der Waals surface area contributed by atoms with Gasteiger partial charge in [0, 0.05) is 7.05 Å². The molecule has 0 aromatic heterocycles. The van der Waals surface area contributed by atoms with E-state index in [4.69, 9.17) is 0 Å². The molecule has 0 spiro atoms. The minimum absolute atomic E-state index is 0.00158. The van der Waals surface area contributed by atoms with Gasteiger partial charge in [0.05, 0.1) is 17.9 Å². The first-order valence-corrected chi connectivity index (χ1v) is 7.40. The number of likely N-dealkylation sites (N-methyl/N-ethyl adjacent to an activating group) is 1. The molecular formula is C11H12F3NO3S2. The number of thiol groups is 1. The van der Waals surface area contributed by atoms with E-state index in [9.17, 15) is 26.4 Å². The van der Waals surface area contributed by atoms with Gasteiger partial charge in [-0.15, -0.1) is 12.6 Å². The predicted molar refractivity (Wildman–Crippen MR) is 70.7 cm³/mol. The summed E-state index contributed by atoms with van der Waals surface area (Å²) in [5, 5.41) is -0.653. The van der Waals surface area contributed by atoms with E-state index in [2.05, 4.69) is 12.6 Å². The Morgan fingerprint density at radius 1 is 1.35 bits per heavy atom. The molecule has 0 unspecified atom stereocenters. The van der Waals surface area contributed by atoms with E-state index in [-0.39, 0.29) is 5.56 Å². The molecule has 9 heteroatoms. The van der Waals surface area contributed by atoms with Crippen LogP contribution in [0.4, 0.5) is 13.2 Å². The number of benzene rings is 1. The van der Waals surface area contributed by atoms with Crippen molar-refractivity contribution in [2.24, 2.45) is 0 Å². The van der Waals surface area contributed by atoms with Gasteiger partial charge in [-0.25, -0.2) is 8.42 Å². The van der Waals surface area contributed by atoms with E-state index in [0.29, 0.717) is 0 Å². The molecule has 0 bridgehead atoms. The molecule has 0 aliphatic heterocycles. The monoisotopic (exact) mass is 327 g/mol. The van der Waals surface area contributed by atoms with Gasteiger partial charge in [-0.3, -0.25) is 4.79 Å². The highest BCUT2D eigenvalue weighted by atomic mass is 32.2. The third-order valence-corrected chi connectivity index (χ3v) is 4.35. The fraction of sp³-hybridized carbons (Fsp3) is 0.364. The van der Waals surface area contributed by atoms with Crippen LogP contribution >= 0.6 is 12.6 Å². The lowest BCUT2D eigenvalue weighted by molar-refractivity contribution is -0.137. The first-order valence-electron chi connectivity index (χ1n) is 5.34. The van der Waals surface area contributed by atoms with Gasteiger partial charge >= 0.3 is 6.18 Å². The number of halogens is 3. The zero-order valence-electron chi connectivity index (χ0n) is 10.4. The Bertz CT molecular complexity index is 599. The van der Waals surface area contributed by atoms with E-state index in [1.165, 1.54) is 6.07 Å². The number of alkyl halides is 3. The maximum absolute atomic E-state index is 12.5. The number of hydrogen-bond donors (Lipinski definition) is 1. The number of carbonyl (C=O) groups excluding carboxylic acids is 1. The average Bonchev–Trinajstić information content (AvgIpc) is 2.26. The molecule has 1 aromatic rings. The first-order chi connectivity index (χ1) is 9.02. The van der Waals surface area contributed by atoms with Crippen molar-refractivity contribution in [3.8, 4) is 0 Å². The molecule has 1 aromatic carbocycles. The Hall–Kier alpha value is -1.06. The highest BCUT2D eigenvalue weighted by Crippen LogP contribution is 2.29. The molecule has 0 radical (unpaired) electrons. The van der Waals surface area contributed by atoms with Gasteiger partial charge in [-0.1, -0.05) is 18.2 Å². The minimum Gasteiger partial charge on any atom is -0.286 e. The molecular weight excluding hydrogens is 315 g/mol. The standard InChI is InChI=1S/C11H12F3NO3S2/c1-15(6-10(16)19)20(17,18)7-8-3-2-4-9(5-8)11(12,13)14/h2-5H,6-7H2,1H3,(H,16,19). The van der Waals surface area contributed by atoms with Gasteiger partial charge in [0.25, 0.3) is 0 Å². The van der Waals surface area contributed by atoms with Crippen LogP contribution in [0.3, 0.4) is 0 Å². The second-order valence-electron chi connectivity index (χ2n) is 4.10. The van der Waals surface area contributed by atoms with Gasteiger partial charge in [0.2, 0.25) is 15.1 Å². The van der Waals surface area contributed by atoms with Crippen LogP contribution in [0.15, 0.2) is 24.3 Å². The second kappa shape index (κ2) is 6.15. The summed E-state index contributed by atoms with van der Waals surface area (Å²) >= 11 is 3.46. The highest BCUT2D eigenvalue weighted by molar-refractivity contribution is 7.96. The molecule has 0 N–H and O–H groups in total. The van der Waals surface area contributed by atoms with Crippen molar-refractivity contribution in [1.29, 1.82) is 0 Å². The number of carbonyl (C=O) groups is 1. The Labute approximate surface area is 120 Å². The van der Waals surface area contributed by atoms with Gasteiger partial charge in [0.15, 0.2) is 0 Å². The van der Waals surface area contributed by atoms with Crippen LogP contribution in [-0.2, 0) is 26.7 Å². The Kier molecular flexibility index (Phi) is 5.22. The van der Waals surface area contributed by atoms with Gasteiger partial charge in [-0.05, 0) is 11.6 Å². The van der Waals surface area contributed by atoms with Crippen LogP contribution in [0.25, 0.3) is 0 Å². The van der Waals surface area contributed by atoms with E-state index in [0.717, 1.165) is 29.6 Å². The summed E-state index contributed by atoms with van der Waals surface area (Å²) < 4.78 is 62.0. The molecule has 0 heterocycles. The molecule has 0 saturated carbocycles. The Morgan fingerprint density at radius 2 is 1.95 bits per heavy atom. The quantitative estimate of drug-likeness (QED) is 0.841. The summed E-state index contributed by atoms with van der Waals surface area (Å²) in [6, 6.07) is 4.05. The Balaban J connectivity index is 2.96. The van der Waals surface area contributed by atoms with Crippen molar-refractivity contribution < 1.29 is 26.4 Å². The first kappa shape index (κ1) is 17.0. The molecule has 0 aliphatic rings. The molecule has 1 rings (SSSR count). The summed E-state index contributed by atoms with van der Waals surface area (Å²) in [6.45, 7) is -0.440. The van der Waals surface area contributed by atoms with Crippen LogP contribution in [0.5, 0.6) is 0 Å². The summed E-state index contributed by atoms with van der Waals surface area (Å²) in [5.74, 6) is -0.617. The predicted octanol–water partition coefficient (Wildman–Crippen LogP) is 1.92. The van der Waals surface area contributed by atoms with Crippen molar-refractivity contribution in [1.82, 2.24) is 4.31 Å². The Morgan fingerprint density at radius 3 is 2.45 bits per heavy atom. The smallest absolute Gasteiger partial charge is 0.286 e. The lowest BCUT2D eigenvalue weighted by Gasteiger charge is -2.16. The van der Waals surface area contributed by atoms with Crippen molar-refractivity contribution in [3.05, 3.63) is 35.4 Å². The molecule has 0 fully saturated rings. The van der Waals surface area contributed by atoms with Gasteiger partial charge in [0.1, 0.15) is 0 Å². The molecule has 0 atom stereocenters. The normalized spacial score (nSPS) is 12.7. The van der Waals surface area contributed by atoms with Crippen molar-refractivity contribution in [2.75, 3.05) is 13.6 Å². The number of nitrogens with zero attached hydrogens (tertiary/aromatic N) is 1. The third kappa shape index (κ3) is 4.80.